The van der Waals surface area contributed by atoms with E-state index in [4.69, 9.17) is 16.9 Å². The number of pyridine rings is 1. The highest BCUT2D eigenvalue weighted by Gasteiger charge is 2.00. The molecule has 86 valence electrons. The van der Waals surface area contributed by atoms with Crippen LogP contribution in [-0.4, -0.2) is 27.7 Å². The van der Waals surface area contributed by atoms with Crippen molar-refractivity contribution in [2.75, 3.05) is 23.9 Å². The summed E-state index contributed by atoms with van der Waals surface area (Å²) in [5.74, 6) is 1.23. The van der Waals surface area contributed by atoms with Crippen LogP contribution in [-0.2, 0) is 10.8 Å². The van der Waals surface area contributed by atoms with E-state index in [2.05, 4.69) is 10.3 Å². The second-order valence-electron chi connectivity index (χ2n) is 3.23. The minimum atomic E-state index is -0.773. The van der Waals surface area contributed by atoms with Crippen molar-refractivity contribution >= 4 is 28.2 Å². The van der Waals surface area contributed by atoms with Gasteiger partial charge in [0.15, 0.2) is 0 Å². The van der Waals surface area contributed by atoms with Gasteiger partial charge in [0, 0.05) is 29.4 Å². The molecule has 6 heteroatoms. The van der Waals surface area contributed by atoms with Gasteiger partial charge in [-0.1, -0.05) is 11.6 Å². The Morgan fingerprint density at radius 2 is 2.38 bits per heavy atom. The Morgan fingerprint density at radius 3 is 3.00 bits per heavy atom. The standard InChI is InChI=1S/C10H12ClN3OS/c1-16(15)4-2-3-13-10-6-8(7-12)5-9(11)14-10/h5-6H,2-4H2,1H3,(H,13,14). The molecule has 0 saturated carbocycles. The lowest BCUT2D eigenvalue weighted by Crippen LogP contribution is -2.07. The molecule has 1 rings (SSSR count). The van der Waals surface area contributed by atoms with Gasteiger partial charge in [-0.05, 0) is 18.6 Å². The largest absolute Gasteiger partial charge is 0.370 e. The van der Waals surface area contributed by atoms with Crippen LogP contribution in [0.3, 0.4) is 0 Å². The minimum absolute atomic E-state index is 0.292. The quantitative estimate of drug-likeness (QED) is 0.645. The maximum atomic E-state index is 10.8. The van der Waals surface area contributed by atoms with Crippen molar-refractivity contribution in [3.05, 3.63) is 22.8 Å². The fourth-order valence-corrected chi connectivity index (χ4v) is 1.90. The molecule has 1 atom stereocenters. The summed E-state index contributed by atoms with van der Waals surface area (Å²) in [5.41, 5.74) is 0.474. The van der Waals surface area contributed by atoms with Crippen molar-refractivity contribution < 1.29 is 4.21 Å². The van der Waals surface area contributed by atoms with Crippen molar-refractivity contribution in [3.8, 4) is 6.07 Å². The summed E-state index contributed by atoms with van der Waals surface area (Å²) in [6.07, 6.45) is 2.46. The molecule has 0 aliphatic rings. The average molecular weight is 258 g/mol. The molecule has 1 heterocycles. The third-order valence-corrected chi connectivity index (χ3v) is 2.90. The molecule has 0 fully saturated rings. The van der Waals surface area contributed by atoms with Crippen LogP contribution < -0.4 is 5.32 Å². The van der Waals surface area contributed by atoms with E-state index in [-0.39, 0.29) is 0 Å². The summed E-state index contributed by atoms with van der Waals surface area (Å²) < 4.78 is 10.8. The summed E-state index contributed by atoms with van der Waals surface area (Å²) >= 11 is 5.74. The number of aromatic nitrogens is 1. The molecule has 1 N–H and O–H groups in total. The molecule has 1 aromatic heterocycles. The molecule has 0 amide bonds. The zero-order valence-electron chi connectivity index (χ0n) is 8.86. The number of anilines is 1. The Balaban J connectivity index is 2.51. The fraction of sp³-hybridized carbons (Fsp3) is 0.400. The van der Waals surface area contributed by atoms with E-state index in [1.807, 2.05) is 6.07 Å². The van der Waals surface area contributed by atoms with E-state index in [0.29, 0.717) is 28.8 Å². The predicted octanol–water partition coefficient (Wildman–Crippen LogP) is 1.79. The first-order valence-corrected chi connectivity index (χ1v) is 6.84. The third kappa shape index (κ3) is 4.60. The fourth-order valence-electron chi connectivity index (χ4n) is 1.14. The number of nitriles is 1. The molecular weight excluding hydrogens is 246 g/mol. The Hall–Kier alpha value is -1.12. The van der Waals surface area contributed by atoms with Gasteiger partial charge in [-0.3, -0.25) is 4.21 Å². The van der Waals surface area contributed by atoms with Gasteiger partial charge in [0.25, 0.3) is 0 Å². The molecule has 4 nitrogen and oxygen atoms in total. The van der Waals surface area contributed by atoms with E-state index in [0.717, 1.165) is 6.42 Å². The number of halogens is 1. The average Bonchev–Trinajstić information content (AvgIpc) is 2.23. The predicted molar refractivity (Wildman–Crippen MR) is 66.0 cm³/mol. The van der Waals surface area contributed by atoms with Crippen molar-refractivity contribution in [1.82, 2.24) is 4.98 Å². The highest BCUT2D eigenvalue weighted by Crippen LogP contribution is 2.13. The SMILES string of the molecule is CS(=O)CCCNc1cc(C#N)cc(Cl)n1. The number of nitrogens with zero attached hydrogens (tertiary/aromatic N) is 2. The summed E-state index contributed by atoms with van der Waals surface area (Å²) in [7, 11) is -0.773. The first-order valence-electron chi connectivity index (χ1n) is 4.73. The molecule has 0 aromatic carbocycles. The lowest BCUT2D eigenvalue weighted by Gasteiger charge is -2.05. The zero-order valence-corrected chi connectivity index (χ0v) is 10.4. The van der Waals surface area contributed by atoms with Gasteiger partial charge in [0.2, 0.25) is 0 Å². The summed E-state index contributed by atoms with van der Waals surface area (Å²) in [4.78, 5) is 4.03. The normalized spacial score (nSPS) is 11.8. The van der Waals surface area contributed by atoms with E-state index >= 15 is 0 Å². The van der Waals surface area contributed by atoms with Crippen LogP contribution in [0.5, 0.6) is 0 Å². The Kier molecular flexibility index (Phi) is 5.23. The highest BCUT2D eigenvalue weighted by atomic mass is 35.5. The molecule has 1 unspecified atom stereocenters. The molecular formula is C10H12ClN3OS. The maximum Gasteiger partial charge on any atom is 0.132 e. The van der Waals surface area contributed by atoms with Gasteiger partial charge in [-0.2, -0.15) is 5.26 Å². The van der Waals surface area contributed by atoms with Gasteiger partial charge in [0.1, 0.15) is 11.0 Å². The summed E-state index contributed by atoms with van der Waals surface area (Å²) in [6, 6.07) is 5.15. The Labute approximate surface area is 102 Å². The monoisotopic (exact) mass is 257 g/mol. The van der Waals surface area contributed by atoms with Crippen molar-refractivity contribution in [1.29, 1.82) is 5.26 Å². The third-order valence-electron chi connectivity index (χ3n) is 1.84. The molecule has 0 radical (unpaired) electrons. The lowest BCUT2D eigenvalue weighted by atomic mass is 10.3. The van der Waals surface area contributed by atoms with Crippen LogP contribution >= 0.6 is 11.6 Å². The minimum Gasteiger partial charge on any atom is -0.370 e. The first-order chi connectivity index (χ1) is 7.61. The van der Waals surface area contributed by atoms with Crippen LogP contribution in [0.15, 0.2) is 12.1 Å². The Morgan fingerprint density at radius 1 is 1.62 bits per heavy atom. The van der Waals surface area contributed by atoms with Crippen LogP contribution in [0.2, 0.25) is 5.15 Å². The van der Waals surface area contributed by atoms with E-state index in [1.165, 1.54) is 6.07 Å². The zero-order chi connectivity index (χ0) is 12.0. The highest BCUT2D eigenvalue weighted by molar-refractivity contribution is 7.84. The smallest absolute Gasteiger partial charge is 0.132 e. The van der Waals surface area contributed by atoms with Gasteiger partial charge >= 0.3 is 0 Å². The van der Waals surface area contributed by atoms with Crippen LogP contribution in [0.1, 0.15) is 12.0 Å². The van der Waals surface area contributed by atoms with Crippen molar-refractivity contribution in [3.63, 3.8) is 0 Å². The lowest BCUT2D eigenvalue weighted by molar-refractivity contribution is 0.685. The number of rotatable bonds is 5. The molecule has 0 aliphatic heterocycles. The van der Waals surface area contributed by atoms with Crippen LogP contribution in [0.4, 0.5) is 5.82 Å². The second-order valence-corrected chi connectivity index (χ2v) is 5.18. The van der Waals surface area contributed by atoms with Crippen LogP contribution in [0, 0.1) is 11.3 Å². The molecule has 0 saturated heterocycles. The van der Waals surface area contributed by atoms with E-state index in [9.17, 15) is 4.21 Å². The molecule has 0 bridgehead atoms. The van der Waals surface area contributed by atoms with Gasteiger partial charge in [-0.15, -0.1) is 0 Å². The molecule has 1 aromatic rings. The van der Waals surface area contributed by atoms with E-state index in [1.54, 1.807) is 12.3 Å². The first kappa shape index (κ1) is 12.9. The van der Waals surface area contributed by atoms with Crippen molar-refractivity contribution in [2.45, 2.75) is 6.42 Å². The van der Waals surface area contributed by atoms with E-state index < -0.39 is 10.8 Å². The summed E-state index contributed by atoms with van der Waals surface area (Å²) in [6.45, 7) is 0.664. The molecule has 0 aliphatic carbocycles. The maximum absolute atomic E-state index is 10.8. The molecule has 0 spiro atoms. The number of nitrogens with one attached hydrogen (secondary N) is 1. The summed E-state index contributed by atoms with van der Waals surface area (Å²) in [5, 5.41) is 12.1. The Bertz CT molecular complexity index is 431. The second kappa shape index (κ2) is 6.46. The van der Waals surface area contributed by atoms with Gasteiger partial charge in [0.05, 0.1) is 11.6 Å². The van der Waals surface area contributed by atoms with Crippen molar-refractivity contribution in [2.24, 2.45) is 0 Å². The van der Waals surface area contributed by atoms with Crippen LogP contribution in [0.25, 0.3) is 0 Å². The number of hydrogen-bond donors (Lipinski definition) is 1. The topological polar surface area (TPSA) is 65.8 Å². The molecule has 16 heavy (non-hydrogen) atoms. The van der Waals surface area contributed by atoms with Gasteiger partial charge < -0.3 is 5.32 Å². The number of hydrogen-bond acceptors (Lipinski definition) is 4. The van der Waals surface area contributed by atoms with Gasteiger partial charge in [-0.25, -0.2) is 4.98 Å².